The normalized spacial score (nSPS) is 22.2. The highest BCUT2D eigenvalue weighted by molar-refractivity contribution is 5.77. The number of rotatable bonds is 0. The van der Waals surface area contributed by atoms with E-state index in [1.807, 2.05) is 20.8 Å². The van der Waals surface area contributed by atoms with Crippen molar-refractivity contribution in [1.82, 2.24) is 0 Å². The molecule has 0 aromatic carbocycles. The fraction of sp³-hybridized carbons (Fsp3) is 0.444. The van der Waals surface area contributed by atoms with Crippen molar-refractivity contribution in [2.75, 3.05) is 0 Å². The van der Waals surface area contributed by atoms with E-state index in [9.17, 15) is 4.39 Å². The Morgan fingerprint density at radius 3 is 2.73 bits per heavy atom. The topological polar surface area (TPSA) is 12.4 Å². The SMILES string of the molecule is CC1=CN=CC(F)=CC1(C)C. The van der Waals surface area contributed by atoms with Crippen LogP contribution in [0, 0.1) is 5.41 Å². The second-order valence-corrected chi connectivity index (χ2v) is 3.34. The molecule has 0 aromatic heterocycles. The van der Waals surface area contributed by atoms with Gasteiger partial charge in [-0.15, -0.1) is 0 Å². The summed E-state index contributed by atoms with van der Waals surface area (Å²) < 4.78 is 12.8. The van der Waals surface area contributed by atoms with Gasteiger partial charge in [-0.25, -0.2) is 4.39 Å². The van der Waals surface area contributed by atoms with E-state index in [-0.39, 0.29) is 11.2 Å². The average molecular weight is 153 g/mol. The maximum Gasteiger partial charge on any atom is 0.138 e. The Balaban J connectivity index is 3.06. The van der Waals surface area contributed by atoms with Gasteiger partial charge in [-0.05, 0) is 18.6 Å². The third-order valence-corrected chi connectivity index (χ3v) is 1.98. The van der Waals surface area contributed by atoms with Crippen molar-refractivity contribution in [3.63, 3.8) is 0 Å². The molecule has 1 aliphatic rings. The van der Waals surface area contributed by atoms with Crippen molar-refractivity contribution >= 4 is 6.21 Å². The van der Waals surface area contributed by atoms with Gasteiger partial charge in [-0.3, -0.25) is 4.99 Å². The molecule has 0 amide bonds. The lowest BCUT2D eigenvalue weighted by Crippen LogP contribution is -2.08. The van der Waals surface area contributed by atoms with Gasteiger partial charge in [0, 0.05) is 11.6 Å². The summed E-state index contributed by atoms with van der Waals surface area (Å²) in [6, 6.07) is 0. The molecule has 2 heteroatoms. The molecule has 0 aliphatic carbocycles. The van der Waals surface area contributed by atoms with Gasteiger partial charge >= 0.3 is 0 Å². The maximum absolute atomic E-state index is 12.8. The highest BCUT2D eigenvalue weighted by Gasteiger charge is 2.19. The molecular formula is C9H12FN. The van der Waals surface area contributed by atoms with Crippen molar-refractivity contribution < 1.29 is 4.39 Å². The van der Waals surface area contributed by atoms with Crippen LogP contribution in [0.4, 0.5) is 4.39 Å². The van der Waals surface area contributed by atoms with E-state index in [2.05, 4.69) is 4.99 Å². The summed E-state index contributed by atoms with van der Waals surface area (Å²) in [5.74, 6) is -0.261. The zero-order chi connectivity index (χ0) is 8.48. The molecule has 0 aromatic rings. The predicted octanol–water partition coefficient (Wildman–Crippen LogP) is 2.85. The molecule has 0 spiro atoms. The molecule has 1 heterocycles. The van der Waals surface area contributed by atoms with Crippen LogP contribution in [0.2, 0.25) is 0 Å². The summed E-state index contributed by atoms with van der Waals surface area (Å²) in [5.41, 5.74) is 0.863. The molecule has 11 heavy (non-hydrogen) atoms. The van der Waals surface area contributed by atoms with E-state index < -0.39 is 0 Å². The molecule has 0 unspecified atom stereocenters. The van der Waals surface area contributed by atoms with Crippen LogP contribution in [0.3, 0.4) is 0 Å². The van der Waals surface area contributed by atoms with Crippen molar-refractivity contribution in [1.29, 1.82) is 0 Å². The summed E-state index contributed by atoms with van der Waals surface area (Å²) in [5, 5.41) is 0. The average Bonchev–Trinajstić information content (AvgIpc) is 1.93. The van der Waals surface area contributed by atoms with E-state index in [4.69, 9.17) is 0 Å². The number of nitrogens with zero attached hydrogens (tertiary/aromatic N) is 1. The van der Waals surface area contributed by atoms with Crippen LogP contribution in [-0.2, 0) is 0 Å². The highest BCUT2D eigenvalue weighted by Crippen LogP contribution is 2.30. The van der Waals surface area contributed by atoms with Gasteiger partial charge in [0.05, 0.1) is 6.21 Å². The van der Waals surface area contributed by atoms with Crippen LogP contribution >= 0.6 is 0 Å². The second kappa shape index (κ2) is 2.61. The maximum atomic E-state index is 12.8. The van der Waals surface area contributed by atoms with Gasteiger partial charge in [-0.2, -0.15) is 0 Å². The number of hydrogen-bond donors (Lipinski definition) is 0. The number of hydrogen-bond acceptors (Lipinski definition) is 1. The first kappa shape index (κ1) is 8.18. The summed E-state index contributed by atoms with van der Waals surface area (Å²) in [7, 11) is 0. The van der Waals surface area contributed by atoms with Gasteiger partial charge < -0.3 is 0 Å². The Morgan fingerprint density at radius 1 is 1.45 bits per heavy atom. The van der Waals surface area contributed by atoms with Crippen LogP contribution in [0.5, 0.6) is 0 Å². The van der Waals surface area contributed by atoms with Gasteiger partial charge in [0.25, 0.3) is 0 Å². The highest BCUT2D eigenvalue weighted by atomic mass is 19.1. The molecule has 0 fully saturated rings. The minimum Gasteiger partial charge on any atom is -0.262 e. The fourth-order valence-corrected chi connectivity index (χ4v) is 0.882. The second-order valence-electron chi connectivity index (χ2n) is 3.34. The standard InChI is InChI=1S/C9H12FN/c1-7-5-11-6-8(10)4-9(7,2)3/h4-6H,1-3H3. The van der Waals surface area contributed by atoms with Crippen LogP contribution in [0.25, 0.3) is 0 Å². The molecular weight excluding hydrogens is 141 g/mol. The van der Waals surface area contributed by atoms with Gasteiger partial charge in [0.15, 0.2) is 0 Å². The fourth-order valence-electron chi connectivity index (χ4n) is 0.882. The van der Waals surface area contributed by atoms with Crippen molar-refractivity contribution in [3.8, 4) is 0 Å². The number of allylic oxidation sites excluding steroid dienone is 3. The van der Waals surface area contributed by atoms with Crippen LogP contribution in [0.15, 0.2) is 28.7 Å². The summed E-state index contributed by atoms with van der Waals surface area (Å²) in [4.78, 5) is 3.80. The minimum atomic E-state index is -0.261. The summed E-state index contributed by atoms with van der Waals surface area (Å²) in [6.07, 6.45) is 4.51. The Labute approximate surface area is 66.3 Å². The third-order valence-electron chi connectivity index (χ3n) is 1.98. The molecule has 1 aliphatic heterocycles. The molecule has 0 N–H and O–H groups in total. The molecule has 0 saturated heterocycles. The van der Waals surface area contributed by atoms with E-state index >= 15 is 0 Å². The molecule has 60 valence electrons. The lowest BCUT2D eigenvalue weighted by Gasteiger charge is -2.19. The first-order valence-electron chi connectivity index (χ1n) is 3.61. The largest absolute Gasteiger partial charge is 0.262 e. The Morgan fingerprint density at radius 2 is 2.09 bits per heavy atom. The van der Waals surface area contributed by atoms with Crippen LogP contribution in [-0.4, -0.2) is 6.21 Å². The zero-order valence-corrected chi connectivity index (χ0v) is 7.06. The Kier molecular flexibility index (Phi) is 1.94. The van der Waals surface area contributed by atoms with Crippen LogP contribution < -0.4 is 0 Å². The lowest BCUT2D eigenvalue weighted by atomic mass is 9.85. The monoisotopic (exact) mass is 153 g/mol. The molecule has 0 saturated carbocycles. The van der Waals surface area contributed by atoms with Gasteiger partial charge in [-0.1, -0.05) is 13.8 Å². The van der Waals surface area contributed by atoms with E-state index in [0.29, 0.717) is 0 Å². The van der Waals surface area contributed by atoms with Crippen molar-refractivity contribution in [2.24, 2.45) is 10.4 Å². The number of halogens is 1. The summed E-state index contributed by atoms with van der Waals surface area (Å²) in [6.45, 7) is 5.88. The molecule has 0 bridgehead atoms. The van der Waals surface area contributed by atoms with Gasteiger partial charge in [0.1, 0.15) is 5.83 Å². The van der Waals surface area contributed by atoms with Crippen LogP contribution in [0.1, 0.15) is 20.8 Å². The third kappa shape index (κ3) is 1.76. The van der Waals surface area contributed by atoms with Crippen molar-refractivity contribution in [3.05, 3.63) is 23.7 Å². The Hall–Kier alpha value is -0.920. The molecule has 0 radical (unpaired) electrons. The first-order chi connectivity index (χ1) is 5.02. The number of aliphatic imine (C=N–C) groups is 1. The van der Waals surface area contributed by atoms with E-state index in [1.54, 1.807) is 12.3 Å². The minimum absolute atomic E-state index is 0.208. The molecule has 1 nitrogen and oxygen atoms in total. The smallest absolute Gasteiger partial charge is 0.138 e. The lowest BCUT2D eigenvalue weighted by molar-refractivity contribution is 0.555. The summed E-state index contributed by atoms with van der Waals surface area (Å²) >= 11 is 0. The van der Waals surface area contributed by atoms with Gasteiger partial charge in [0.2, 0.25) is 0 Å². The van der Waals surface area contributed by atoms with E-state index in [0.717, 1.165) is 5.57 Å². The predicted molar refractivity (Wildman–Crippen MR) is 45.2 cm³/mol. The molecule has 0 atom stereocenters. The molecule has 1 rings (SSSR count). The Bertz CT molecular complexity index is 246. The van der Waals surface area contributed by atoms with Crippen molar-refractivity contribution in [2.45, 2.75) is 20.8 Å². The first-order valence-corrected chi connectivity index (χ1v) is 3.61. The quantitative estimate of drug-likeness (QED) is 0.507. The van der Waals surface area contributed by atoms with E-state index in [1.165, 1.54) is 6.21 Å². The zero-order valence-electron chi connectivity index (χ0n) is 7.06.